The first-order chi connectivity index (χ1) is 15.2. The molecular formula is C24H28N4O2S. The largest absolute Gasteiger partial charge is 0.492 e. The van der Waals surface area contributed by atoms with E-state index in [1.54, 1.807) is 23.7 Å². The lowest BCUT2D eigenvalue weighted by atomic mass is 9.85. The molecule has 162 valence electrons. The fraction of sp³-hybridized carbons (Fsp3) is 0.417. The Hall–Kier alpha value is -2.32. The van der Waals surface area contributed by atoms with Gasteiger partial charge < -0.3 is 9.84 Å². The van der Waals surface area contributed by atoms with Gasteiger partial charge in [-0.2, -0.15) is 0 Å². The highest BCUT2D eigenvalue weighted by atomic mass is 32.1. The molecule has 7 heteroatoms. The average Bonchev–Trinajstić information content (AvgIpc) is 3.22. The van der Waals surface area contributed by atoms with E-state index in [9.17, 15) is 5.11 Å². The summed E-state index contributed by atoms with van der Waals surface area (Å²) in [7, 11) is 0. The summed E-state index contributed by atoms with van der Waals surface area (Å²) >= 11 is 1.70. The maximum Gasteiger partial charge on any atom is 0.123 e. The van der Waals surface area contributed by atoms with Crippen LogP contribution in [-0.4, -0.2) is 51.1 Å². The average molecular weight is 437 g/mol. The van der Waals surface area contributed by atoms with Gasteiger partial charge in [0.15, 0.2) is 0 Å². The van der Waals surface area contributed by atoms with E-state index in [-0.39, 0.29) is 0 Å². The Balaban J connectivity index is 1.23. The summed E-state index contributed by atoms with van der Waals surface area (Å²) in [5.74, 6) is 0.995. The highest BCUT2D eigenvalue weighted by molar-refractivity contribution is 7.09. The molecule has 4 heterocycles. The molecule has 5 rings (SSSR count). The van der Waals surface area contributed by atoms with Crippen molar-refractivity contribution in [3.05, 3.63) is 76.0 Å². The predicted octanol–water partition coefficient (Wildman–Crippen LogP) is 3.42. The second kappa shape index (κ2) is 9.04. The van der Waals surface area contributed by atoms with Gasteiger partial charge >= 0.3 is 0 Å². The van der Waals surface area contributed by atoms with Crippen LogP contribution < -0.4 is 4.74 Å². The fourth-order valence-electron chi connectivity index (χ4n) is 4.52. The van der Waals surface area contributed by atoms with E-state index in [4.69, 9.17) is 4.74 Å². The predicted molar refractivity (Wildman–Crippen MR) is 121 cm³/mol. The van der Waals surface area contributed by atoms with E-state index in [2.05, 4.69) is 38.0 Å². The van der Waals surface area contributed by atoms with Gasteiger partial charge in [-0.3, -0.25) is 14.8 Å². The minimum absolute atomic E-state index is 0.705. The smallest absolute Gasteiger partial charge is 0.123 e. The van der Waals surface area contributed by atoms with Crippen molar-refractivity contribution >= 4 is 11.3 Å². The number of pyridine rings is 1. The van der Waals surface area contributed by atoms with Crippen molar-refractivity contribution < 1.29 is 9.84 Å². The number of ether oxygens (including phenoxy) is 1. The van der Waals surface area contributed by atoms with E-state index in [0.29, 0.717) is 6.61 Å². The van der Waals surface area contributed by atoms with Crippen LogP contribution in [0.2, 0.25) is 0 Å². The van der Waals surface area contributed by atoms with Gasteiger partial charge in [-0.05, 0) is 36.6 Å². The number of hydrogen-bond acceptors (Lipinski definition) is 7. The molecule has 0 amide bonds. The van der Waals surface area contributed by atoms with Gasteiger partial charge in [-0.15, -0.1) is 11.3 Å². The fourth-order valence-corrected chi connectivity index (χ4v) is 5.18. The molecule has 1 fully saturated rings. The van der Waals surface area contributed by atoms with Crippen molar-refractivity contribution in [2.24, 2.45) is 0 Å². The van der Waals surface area contributed by atoms with Gasteiger partial charge in [0, 0.05) is 67.8 Å². The lowest BCUT2D eigenvalue weighted by molar-refractivity contribution is -0.0279. The number of nitrogens with zero attached hydrogens (tertiary/aromatic N) is 4. The molecule has 0 unspecified atom stereocenters. The van der Waals surface area contributed by atoms with E-state index >= 15 is 0 Å². The lowest BCUT2D eigenvalue weighted by Gasteiger charge is -2.38. The van der Waals surface area contributed by atoms with Crippen LogP contribution in [0.4, 0.5) is 0 Å². The van der Waals surface area contributed by atoms with Crippen molar-refractivity contribution in [3.8, 4) is 5.75 Å². The van der Waals surface area contributed by atoms with E-state index in [1.807, 2.05) is 23.7 Å². The maximum absolute atomic E-state index is 11.1. The van der Waals surface area contributed by atoms with Gasteiger partial charge in [0.05, 0.1) is 12.1 Å². The van der Waals surface area contributed by atoms with Crippen molar-refractivity contribution in [2.45, 2.75) is 38.1 Å². The molecule has 0 saturated carbocycles. The standard InChI is InChI=1S/C24H28N4O2S/c29-24(21-2-1-7-25-15-21)5-9-27(10-6-24)16-19-3-4-22-20(14-19)17-28(11-12-30-22)18-23-26-8-13-31-23/h1-4,7-8,13-15,29H,5-6,9-12,16-18H2. The molecule has 2 aromatic heterocycles. The second-order valence-corrected chi connectivity index (χ2v) is 9.46. The Morgan fingerprint density at radius 3 is 2.74 bits per heavy atom. The number of rotatable bonds is 5. The van der Waals surface area contributed by atoms with Gasteiger partial charge in [0.1, 0.15) is 17.4 Å². The minimum Gasteiger partial charge on any atom is -0.492 e. The second-order valence-electron chi connectivity index (χ2n) is 8.48. The number of likely N-dealkylation sites (tertiary alicyclic amines) is 1. The van der Waals surface area contributed by atoms with Crippen LogP contribution in [0.1, 0.15) is 34.5 Å². The van der Waals surface area contributed by atoms with Gasteiger partial charge in [0.25, 0.3) is 0 Å². The monoisotopic (exact) mass is 436 g/mol. The van der Waals surface area contributed by atoms with E-state index in [0.717, 1.165) is 68.4 Å². The summed E-state index contributed by atoms with van der Waals surface area (Å²) in [6, 6.07) is 10.5. The summed E-state index contributed by atoms with van der Waals surface area (Å²) in [6.45, 7) is 5.99. The first kappa shape index (κ1) is 20.6. The topological polar surface area (TPSA) is 61.7 Å². The van der Waals surface area contributed by atoms with E-state index in [1.165, 1.54) is 11.1 Å². The molecule has 1 saturated heterocycles. The van der Waals surface area contributed by atoms with Crippen LogP contribution in [0.5, 0.6) is 5.75 Å². The zero-order valence-corrected chi connectivity index (χ0v) is 18.4. The molecule has 0 atom stereocenters. The van der Waals surface area contributed by atoms with Crippen LogP contribution in [0.15, 0.2) is 54.3 Å². The first-order valence-corrected chi connectivity index (χ1v) is 11.8. The number of hydrogen-bond donors (Lipinski definition) is 1. The highest BCUT2D eigenvalue weighted by Gasteiger charge is 2.34. The Morgan fingerprint density at radius 1 is 1.06 bits per heavy atom. The number of fused-ring (bicyclic) bond motifs is 1. The third-order valence-electron chi connectivity index (χ3n) is 6.31. The maximum atomic E-state index is 11.1. The summed E-state index contributed by atoms with van der Waals surface area (Å²) in [5.41, 5.74) is 2.71. The molecule has 3 aromatic rings. The first-order valence-electron chi connectivity index (χ1n) is 10.9. The minimum atomic E-state index is -0.761. The Morgan fingerprint density at radius 2 is 1.97 bits per heavy atom. The number of thiazole rings is 1. The summed E-state index contributed by atoms with van der Waals surface area (Å²) < 4.78 is 6.01. The molecule has 0 radical (unpaired) electrons. The van der Waals surface area contributed by atoms with Crippen LogP contribution in [0.3, 0.4) is 0 Å². The zero-order valence-electron chi connectivity index (χ0n) is 17.6. The number of benzene rings is 1. The van der Waals surface area contributed by atoms with Crippen molar-refractivity contribution in [1.29, 1.82) is 0 Å². The molecule has 0 aliphatic carbocycles. The molecule has 0 spiro atoms. The molecule has 2 aliphatic rings. The van der Waals surface area contributed by atoms with Gasteiger partial charge in [-0.1, -0.05) is 12.1 Å². The SMILES string of the molecule is OC1(c2cccnc2)CCN(Cc2ccc3c(c2)CN(Cc2nccs2)CCO3)CC1. The van der Waals surface area contributed by atoms with Gasteiger partial charge in [0.2, 0.25) is 0 Å². The van der Waals surface area contributed by atoms with Crippen molar-refractivity contribution in [3.63, 3.8) is 0 Å². The molecule has 0 bridgehead atoms. The lowest BCUT2D eigenvalue weighted by Crippen LogP contribution is -2.42. The Labute approximate surface area is 187 Å². The zero-order chi connectivity index (χ0) is 21.1. The molecule has 1 aromatic carbocycles. The molecule has 1 N–H and O–H groups in total. The summed E-state index contributed by atoms with van der Waals surface area (Å²) in [4.78, 5) is 13.4. The molecular weight excluding hydrogens is 408 g/mol. The molecule has 2 aliphatic heterocycles. The van der Waals surface area contributed by atoms with Crippen molar-refractivity contribution in [1.82, 2.24) is 19.8 Å². The number of aromatic nitrogens is 2. The van der Waals surface area contributed by atoms with Crippen LogP contribution >= 0.6 is 11.3 Å². The van der Waals surface area contributed by atoms with Crippen LogP contribution in [0.25, 0.3) is 0 Å². The van der Waals surface area contributed by atoms with E-state index < -0.39 is 5.60 Å². The third-order valence-corrected chi connectivity index (χ3v) is 7.08. The van der Waals surface area contributed by atoms with Crippen molar-refractivity contribution in [2.75, 3.05) is 26.2 Å². The normalized spacial score (nSPS) is 19.4. The third kappa shape index (κ3) is 4.80. The summed E-state index contributed by atoms with van der Waals surface area (Å²) in [5, 5.41) is 14.2. The quantitative estimate of drug-likeness (QED) is 0.661. The van der Waals surface area contributed by atoms with Gasteiger partial charge in [-0.25, -0.2) is 4.98 Å². The Kier molecular flexibility index (Phi) is 6.00. The number of piperidine rings is 1. The highest BCUT2D eigenvalue weighted by Crippen LogP contribution is 2.33. The van der Waals surface area contributed by atoms with Crippen LogP contribution in [-0.2, 0) is 25.2 Å². The molecule has 31 heavy (non-hydrogen) atoms. The van der Waals surface area contributed by atoms with Crippen LogP contribution in [0, 0.1) is 0 Å². The number of aliphatic hydroxyl groups is 1. The molecule has 6 nitrogen and oxygen atoms in total. The summed E-state index contributed by atoms with van der Waals surface area (Å²) in [6.07, 6.45) is 6.87. The Bertz CT molecular complexity index is 988.